The van der Waals surface area contributed by atoms with Crippen LogP contribution in [0.2, 0.25) is 0 Å². The topological polar surface area (TPSA) is 43.4 Å². The minimum atomic E-state index is -0.347. The number of Topliss-reactive ketones (excluding diaryl/α,β-unsaturated/α-hetero) is 1. The van der Waals surface area contributed by atoms with Crippen LogP contribution in [-0.2, 0) is 14.3 Å². The maximum absolute atomic E-state index is 11.3. The highest BCUT2D eigenvalue weighted by Crippen LogP contribution is 2.37. The van der Waals surface area contributed by atoms with E-state index in [4.69, 9.17) is 4.74 Å². The molecule has 1 fully saturated rings. The summed E-state index contributed by atoms with van der Waals surface area (Å²) in [6, 6.07) is 3.78. The molecule has 1 aromatic heterocycles. The molecule has 0 aromatic carbocycles. The third-order valence-electron chi connectivity index (χ3n) is 2.36. The average molecular weight is 210 g/mol. The van der Waals surface area contributed by atoms with E-state index in [0.717, 1.165) is 4.88 Å². The van der Waals surface area contributed by atoms with Crippen LogP contribution in [0.15, 0.2) is 17.5 Å². The fourth-order valence-corrected chi connectivity index (χ4v) is 2.44. The third-order valence-corrected chi connectivity index (χ3v) is 3.29. The lowest BCUT2D eigenvalue weighted by molar-refractivity contribution is -0.141. The first-order chi connectivity index (χ1) is 6.68. The lowest BCUT2D eigenvalue weighted by Crippen LogP contribution is -2.14. The lowest BCUT2D eigenvalue weighted by Gasteiger charge is -2.12. The molecule has 0 amide bonds. The molecule has 0 bridgehead atoms. The summed E-state index contributed by atoms with van der Waals surface area (Å²) >= 11 is 1.51. The van der Waals surface area contributed by atoms with Crippen LogP contribution >= 0.6 is 11.3 Å². The maximum Gasteiger partial charge on any atom is 0.307 e. The van der Waals surface area contributed by atoms with Crippen molar-refractivity contribution in [1.29, 1.82) is 0 Å². The van der Waals surface area contributed by atoms with Gasteiger partial charge < -0.3 is 4.74 Å². The van der Waals surface area contributed by atoms with Gasteiger partial charge in [0.25, 0.3) is 0 Å². The van der Waals surface area contributed by atoms with Gasteiger partial charge in [0, 0.05) is 4.88 Å². The summed E-state index contributed by atoms with van der Waals surface area (Å²) in [7, 11) is 0. The summed E-state index contributed by atoms with van der Waals surface area (Å²) in [5.74, 6) is -0.543. The van der Waals surface area contributed by atoms with Crippen LogP contribution in [0.3, 0.4) is 0 Å². The predicted octanol–water partition coefficient (Wildman–Crippen LogP) is 1.94. The van der Waals surface area contributed by atoms with Crippen molar-refractivity contribution >= 4 is 23.1 Å². The molecule has 0 radical (unpaired) electrons. The number of rotatable bonds is 2. The molecule has 0 saturated carbocycles. The van der Waals surface area contributed by atoms with E-state index in [1.807, 2.05) is 17.5 Å². The van der Waals surface area contributed by atoms with Crippen molar-refractivity contribution in [3.05, 3.63) is 22.4 Å². The smallest absolute Gasteiger partial charge is 0.307 e. The van der Waals surface area contributed by atoms with Crippen molar-refractivity contribution in [2.24, 2.45) is 5.92 Å². The second kappa shape index (κ2) is 3.53. The molecule has 14 heavy (non-hydrogen) atoms. The number of thiophene rings is 1. The molecule has 0 spiro atoms. The van der Waals surface area contributed by atoms with E-state index in [1.54, 1.807) is 0 Å². The number of esters is 1. The molecule has 1 aromatic rings. The minimum Gasteiger partial charge on any atom is -0.456 e. The molecule has 4 heteroatoms. The number of ether oxygens (including phenoxy) is 1. The molecule has 74 valence electrons. The molecule has 2 rings (SSSR count). The Balaban J connectivity index is 2.26. The van der Waals surface area contributed by atoms with Gasteiger partial charge in [-0.25, -0.2) is 0 Å². The van der Waals surface area contributed by atoms with E-state index in [9.17, 15) is 9.59 Å². The number of ketones is 1. The minimum absolute atomic E-state index is 0.0225. The SMILES string of the molecule is CC(=O)C1CC(=O)OC1c1cccs1. The zero-order valence-electron chi connectivity index (χ0n) is 7.73. The Labute approximate surface area is 85.7 Å². The number of cyclic esters (lactones) is 1. The summed E-state index contributed by atoms with van der Waals surface area (Å²) < 4.78 is 5.13. The molecule has 3 nitrogen and oxygen atoms in total. The molecule has 1 aliphatic heterocycles. The van der Waals surface area contributed by atoms with Crippen LogP contribution in [0.1, 0.15) is 24.3 Å². The van der Waals surface area contributed by atoms with Gasteiger partial charge in [-0.3, -0.25) is 9.59 Å². The van der Waals surface area contributed by atoms with Crippen molar-refractivity contribution in [3.8, 4) is 0 Å². The Hall–Kier alpha value is -1.16. The zero-order valence-corrected chi connectivity index (χ0v) is 8.54. The molecular weight excluding hydrogens is 200 g/mol. The summed E-state index contributed by atoms with van der Waals surface area (Å²) in [6.45, 7) is 1.51. The number of hydrogen-bond donors (Lipinski definition) is 0. The molecule has 2 unspecified atom stereocenters. The Bertz CT molecular complexity index is 355. The summed E-state index contributed by atoms with van der Waals surface area (Å²) in [5, 5.41) is 1.92. The van der Waals surface area contributed by atoms with Gasteiger partial charge in [-0.15, -0.1) is 11.3 Å². The standard InChI is InChI=1S/C10H10O3S/c1-6(11)7-5-9(12)13-10(7)8-3-2-4-14-8/h2-4,7,10H,5H2,1H3. The number of hydrogen-bond acceptors (Lipinski definition) is 4. The second-order valence-corrected chi connectivity index (χ2v) is 4.33. The Morgan fingerprint density at radius 2 is 2.43 bits per heavy atom. The number of carbonyl (C=O) groups excluding carboxylic acids is 2. The van der Waals surface area contributed by atoms with E-state index in [2.05, 4.69) is 0 Å². The van der Waals surface area contributed by atoms with Crippen LogP contribution in [0.4, 0.5) is 0 Å². The monoisotopic (exact) mass is 210 g/mol. The van der Waals surface area contributed by atoms with Gasteiger partial charge >= 0.3 is 5.97 Å². The van der Waals surface area contributed by atoms with E-state index in [-0.39, 0.29) is 30.2 Å². The van der Waals surface area contributed by atoms with E-state index in [0.29, 0.717) is 0 Å². The lowest BCUT2D eigenvalue weighted by atomic mass is 9.96. The Kier molecular flexibility index (Phi) is 2.37. The van der Waals surface area contributed by atoms with E-state index >= 15 is 0 Å². The maximum atomic E-state index is 11.3. The molecule has 2 heterocycles. The zero-order chi connectivity index (χ0) is 10.1. The first-order valence-electron chi connectivity index (χ1n) is 4.42. The average Bonchev–Trinajstić information content (AvgIpc) is 2.70. The highest BCUT2D eigenvalue weighted by atomic mass is 32.1. The highest BCUT2D eigenvalue weighted by Gasteiger charge is 2.39. The van der Waals surface area contributed by atoms with Gasteiger partial charge in [-0.2, -0.15) is 0 Å². The van der Waals surface area contributed by atoms with Gasteiger partial charge in [-0.1, -0.05) is 6.07 Å². The summed E-state index contributed by atoms with van der Waals surface area (Å²) in [6.07, 6.45) is -0.127. The van der Waals surface area contributed by atoms with Gasteiger partial charge in [0.15, 0.2) is 0 Å². The summed E-state index contributed by atoms with van der Waals surface area (Å²) in [5.41, 5.74) is 0. The van der Waals surface area contributed by atoms with Crippen molar-refractivity contribution in [1.82, 2.24) is 0 Å². The van der Waals surface area contributed by atoms with Crippen LogP contribution in [0.25, 0.3) is 0 Å². The van der Waals surface area contributed by atoms with E-state index in [1.165, 1.54) is 18.3 Å². The second-order valence-electron chi connectivity index (χ2n) is 3.35. The summed E-state index contributed by atoms with van der Waals surface area (Å²) in [4.78, 5) is 23.3. The fourth-order valence-electron chi connectivity index (χ4n) is 1.62. The van der Waals surface area contributed by atoms with Crippen molar-refractivity contribution in [3.63, 3.8) is 0 Å². The molecule has 1 saturated heterocycles. The van der Waals surface area contributed by atoms with Crippen LogP contribution in [-0.4, -0.2) is 11.8 Å². The van der Waals surface area contributed by atoms with Gasteiger partial charge in [0.2, 0.25) is 0 Å². The number of carbonyl (C=O) groups is 2. The fraction of sp³-hybridized carbons (Fsp3) is 0.400. The molecule has 0 aliphatic carbocycles. The highest BCUT2D eigenvalue weighted by molar-refractivity contribution is 7.10. The van der Waals surface area contributed by atoms with Crippen LogP contribution < -0.4 is 0 Å². The molecule has 1 aliphatic rings. The van der Waals surface area contributed by atoms with Crippen LogP contribution in [0.5, 0.6) is 0 Å². The third kappa shape index (κ3) is 1.57. The van der Waals surface area contributed by atoms with Crippen molar-refractivity contribution < 1.29 is 14.3 Å². The van der Waals surface area contributed by atoms with E-state index < -0.39 is 0 Å². The van der Waals surface area contributed by atoms with Gasteiger partial charge in [-0.05, 0) is 18.4 Å². The van der Waals surface area contributed by atoms with Gasteiger partial charge in [0.1, 0.15) is 11.9 Å². The Morgan fingerprint density at radius 1 is 1.64 bits per heavy atom. The first-order valence-corrected chi connectivity index (χ1v) is 5.30. The largest absolute Gasteiger partial charge is 0.456 e. The quantitative estimate of drug-likeness (QED) is 0.701. The Morgan fingerprint density at radius 3 is 3.00 bits per heavy atom. The molecule has 2 atom stereocenters. The normalized spacial score (nSPS) is 26.2. The predicted molar refractivity (Wildman–Crippen MR) is 51.9 cm³/mol. The first kappa shape index (κ1) is 9.40. The van der Waals surface area contributed by atoms with Gasteiger partial charge in [0.05, 0.1) is 12.3 Å². The van der Waals surface area contributed by atoms with Crippen molar-refractivity contribution in [2.45, 2.75) is 19.4 Å². The van der Waals surface area contributed by atoms with Crippen LogP contribution in [0, 0.1) is 5.92 Å². The molecular formula is C10H10O3S. The van der Waals surface area contributed by atoms with Crippen molar-refractivity contribution in [2.75, 3.05) is 0 Å². The molecule has 0 N–H and O–H groups in total.